The number of aromatic nitrogens is 2. The van der Waals surface area contributed by atoms with Crippen LogP contribution in [0.3, 0.4) is 0 Å². The first-order chi connectivity index (χ1) is 9.70. The first-order valence-corrected chi connectivity index (χ1v) is 7.43. The minimum Gasteiger partial charge on any atom is -0.349 e. The minimum absolute atomic E-state index is 0.0861. The van der Waals surface area contributed by atoms with Crippen LogP contribution >= 0.6 is 0 Å². The van der Waals surface area contributed by atoms with Crippen molar-refractivity contribution in [3.8, 4) is 0 Å². The van der Waals surface area contributed by atoms with Gasteiger partial charge in [0.25, 0.3) is 5.91 Å². The van der Waals surface area contributed by atoms with Gasteiger partial charge >= 0.3 is 0 Å². The molecule has 1 aliphatic heterocycles. The average Bonchev–Trinajstić information content (AvgIpc) is 2.97. The fourth-order valence-corrected chi connectivity index (χ4v) is 2.33. The number of carbonyl (C=O) groups is 1. The summed E-state index contributed by atoms with van der Waals surface area (Å²) >= 11 is 0. The molecule has 1 fully saturated rings. The molecule has 1 amide bonds. The molecule has 1 aromatic heterocycles. The van der Waals surface area contributed by atoms with Gasteiger partial charge in [0.15, 0.2) is 0 Å². The third-order valence-electron chi connectivity index (χ3n) is 3.80. The lowest BCUT2D eigenvalue weighted by Gasteiger charge is -2.22. The van der Waals surface area contributed by atoms with Crippen molar-refractivity contribution < 1.29 is 4.79 Å². The molecule has 1 aliphatic rings. The molecule has 1 atom stereocenters. The van der Waals surface area contributed by atoms with E-state index in [0.717, 1.165) is 39.0 Å². The summed E-state index contributed by atoms with van der Waals surface area (Å²) in [5, 5.41) is 10.7. The summed E-state index contributed by atoms with van der Waals surface area (Å²) in [5.41, 5.74) is 0.509. The molecule has 1 saturated heterocycles. The van der Waals surface area contributed by atoms with Gasteiger partial charge in [-0.25, -0.2) is 0 Å². The van der Waals surface area contributed by atoms with E-state index in [4.69, 9.17) is 0 Å². The molecular formula is C14H25N5O. The fraction of sp³-hybridized carbons (Fsp3) is 0.714. The molecule has 6 nitrogen and oxygen atoms in total. The summed E-state index contributed by atoms with van der Waals surface area (Å²) in [6, 6.07) is 2.17. The van der Waals surface area contributed by atoms with E-state index in [0.29, 0.717) is 18.3 Å². The molecule has 0 saturated carbocycles. The molecule has 0 spiro atoms. The molecule has 0 bridgehead atoms. The average molecular weight is 279 g/mol. The molecule has 2 N–H and O–H groups in total. The molecule has 0 radical (unpaired) electrons. The van der Waals surface area contributed by atoms with E-state index in [9.17, 15) is 4.79 Å². The Balaban J connectivity index is 1.83. The maximum absolute atomic E-state index is 12.0. The summed E-state index contributed by atoms with van der Waals surface area (Å²) < 4.78 is 1.92. The molecule has 0 aliphatic carbocycles. The van der Waals surface area contributed by atoms with Gasteiger partial charge in [-0.3, -0.25) is 9.48 Å². The van der Waals surface area contributed by atoms with E-state index in [1.54, 1.807) is 6.07 Å². The highest BCUT2D eigenvalue weighted by atomic mass is 16.1. The zero-order valence-electron chi connectivity index (χ0n) is 12.4. The second kappa shape index (κ2) is 7.40. The second-order valence-electron chi connectivity index (χ2n) is 5.33. The fourth-order valence-electron chi connectivity index (χ4n) is 2.33. The van der Waals surface area contributed by atoms with Crippen LogP contribution < -0.4 is 10.6 Å². The third-order valence-corrected chi connectivity index (χ3v) is 3.80. The zero-order valence-corrected chi connectivity index (χ0v) is 12.4. The van der Waals surface area contributed by atoms with Gasteiger partial charge in [-0.05, 0) is 39.0 Å². The van der Waals surface area contributed by atoms with Crippen LogP contribution in [0.2, 0.25) is 0 Å². The Hall–Kier alpha value is -1.40. The number of hydrogen-bond acceptors (Lipinski definition) is 4. The number of carbonyl (C=O) groups excluding carboxylic acids is 1. The van der Waals surface area contributed by atoms with Crippen LogP contribution in [0.15, 0.2) is 12.3 Å². The summed E-state index contributed by atoms with van der Waals surface area (Å²) in [5.74, 6) is -0.0861. The standard InChI is InChI=1S/C14H25N5O/c1-3-18(2)10-8-16-14(20)13-6-9-19(17-13)12-5-4-7-15-11-12/h6,9,12,15H,3-5,7-8,10-11H2,1-2H3,(H,16,20). The van der Waals surface area contributed by atoms with Gasteiger partial charge in [-0.1, -0.05) is 6.92 Å². The van der Waals surface area contributed by atoms with Crippen LogP contribution in [-0.2, 0) is 0 Å². The topological polar surface area (TPSA) is 62.2 Å². The highest BCUT2D eigenvalue weighted by molar-refractivity contribution is 5.92. The Morgan fingerprint density at radius 2 is 2.50 bits per heavy atom. The van der Waals surface area contributed by atoms with Crippen LogP contribution in [0.25, 0.3) is 0 Å². The van der Waals surface area contributed by atoms with Gasteiger partial charge in [0, 0.05) is 25.8 Å². The molecular weight excluding hydrogens is 254 g/mol. The van der Waals surface area contributed by atoms with Crippen molar-refractivity contribution in [1.82, 2.24) is 25.3 Å². The van der Waals surface area contributed by atoms with E-state index < -0.39 is 0 Å². The van der Waals surface area contributed by atoms with Crippen molar-refractivity contribution in [2.45, 2.75) is 25.8 Å². The maximum atomic E-state index is 12.0. The Morgan fingerprint density at radius 1 is 1.65 bits per heavy atom. The first kappa shape index (κ1) is 15.0. The minimum atomic E-state index is -0.0861. The smallest absolute Gasteiger partial charge is 0.271 e. The zero-order chi connectivity index (χ0) is 14.4. The molecule has 2 rings (SSSR count). The number of nitrogens with zero attached hydrogens (tertiary/aromatic N) is 3. The molecule has 20 heavy (non-hydrogen) atoms. The van der Waals surface area contributed by atoms with E-state index >= 15 is 0 Å². The molecule has 2 heterocycles. The molecule has 6 heteroatoms. The van der Waals surface area contributed by atoms with Crippen molar-refractivity contribution in [3.05, 3.63) is 18.0 Å². The highest BCUT2D eigenvalue weighted by Gasteiger charge is 2.17. The van der Waals surface area contributed by atoms with Crippen molar-refractivity contribution in [3.63, 3.8) is 0 Å². The molecule has 1 aromatic rings. The van der Waals surface area contributed by atoms with Crippen molar-refractivity contribution >= 4 is 5.91 Å². The predicted octanol–water partition coefficient (Wildman–Crippen LogP) is 0.489. The second-order valence-corrected chi connectivity index (χ2v) is 5.33. The van der Waals surface area contributed by atoms with Crippen LogP contribution in [0.4, 0.5) is 0 Å². The number of rotatable bonds is 6. The van der Waals surface area contributed by atoms with E-state index in [1.807, 2.05) is 17.9 Å². The maximum Gasteiger partial charge on any atom is 0.271 e. The lowest BCUT2D eigenvalue weighted by molar-refractivity contribution is 0.0943. The van der Waals surface area contributed by atoms with Gasteiger partial charge in [0.1, 0.15) is 5.69 Å². The van der Waals surface area contributed by atoms with Gasteiger partial charge in [-0.15, -0.1) is 0 Å². The quantitative estimate of drug-likeness (QED) is 0.795. The van der Waals surface area contributed by atoms with Gasteiger partial charge < -0.3 is 15.5 Å². The number of hydrogen-bond donors (Lipinski definition) is 2. The van der Waals surface area contributed by atoms with Gasteiger partial charge in [0.2, 0.25) is 0 Å². The predicted molar refractivity (Wildman–Crippen MR) is 78.9 cm³/mol. The first-order valence-electron chi connectivity index (χ1n) is 7.43. The van der Waals surface area contributed by atoms with Crippen LogP contribution in [0.5, 0.6) is 0 Å². The summed E-state index contributed by atoms with van der Waals surface area (Å²) in [6.45, 7) is 6.61. The van der Waals surface area contributed by atoms with Crippen molar-refractivity contribution in [2.24, 2.45) is 0 Å². The van der Waals surface area contributed by atoms with Crippen LogP contribution in [0.1, 0.15) is 36.3 Å². The number of amides is 1. The van der Waals surface area contributed by atoms with Gasteiger partial charge in [-0.2, -0.15) is 5.10 Å². The Morgan fingerprint density at radius 3 is 3.20 bits per heavy atom. The largest absolute Gasteiger partial charge is 0.349 e. The van der Waals surface area contributed by atoms with Gasteiger partial charge in [0.05, 0.1) is 6.04 Å². The van der Waals surface area contributed by atoms with E-state index in [-0.39, 0.29) is 5.91 Å². The van der Waals surface area contributed by atoms with E-state index in [1.165, 1.54) is 0 Å². The van der Waals surface area contributed by atoms with Crippen LogP contribution in [0, 0.1) is 0 Å². The Kier molecular flexibility index (Phi) is 5.55. The summed E-state index contributed by atoms with van der Waals surface area (Å²) in [7, 11) is 2.04. The van der Waals surface area contributed by atoms with Crippen molar-refractivity contribution in [1.29, 1.82) is 0 Å². The van der Waals surface area contributed by atoms with Crippen molar-refractivity contribution in [2.75, 3.05) is 39.8 Å². The molecule has 112 valence electrons. The third kappa shape index (κ3) is 4.05. The lowest BCUT2D eigenvalue weighted by Crippen LogP contribution is -2.34. The monoisotopic (exact) mass is 279 g/mol. The highest BCUT2D eigenvalue weighted by Crippen LogP contribution is 2.15. The normalized spacial score (nSPS) is 19.2. The summed E-state index contributed by atoms with van der Waals surface area (Å²) in [4.78, 5) is 14.1. The summed E-state index contributed by atoms with van der Waals surface area (Å²) in [6.07, 6.45) is 4.19. The van der Waals surface area contributed by atoms with Crippen LogP contribution in [-0.4, -0.2) is 60.4 Å². The number of likely N-dealkylation sites (N-methyl/N-ethyl adjacent to an activating group) is 1. The molecule has 0 aromatic carbocycles. The lowest BCUT2D eigenvalue weighted by atomic mass is 10.1. The number of nitrogens with one attached hydrogen (secondary N) is 2. The SMILES string of the molecule is CCN(C)CCNC(=O)c1ccn(C2CCCNC2)n1. The Labute approximate surface area is 120 Å². The molecule has 1 unspecified atom stereocenters. The Bertz CT molecular complexity index is 425. The number of piperidine rings is 1. The van der Waals surface area contributed by atoms with E-state index in [2.05, 4.69) is 27.6 Å².